The summed E-state index contributed by atoms with van der Waals surface area (Å²) in [5.74, 6) is -0.231. The minimum absolute atomic E-state index is 0.0700. The molecule has 0 aliphatic carbocycles. The number of amides is 1. The van der Waals surface area contributed by atoms with Crippen LogP contribution in [0.15, 0.2) is 77.7 Å². The second kappa shape index (κ2) is 10.4. The number of sulfonamides is 1. The summed E-state index contributed by atoms with van der Waals surface area (Å²) in [6, 6.07) is 19.6. The number of anilines is 1. The number of carbonyl (C=O) groups is 2. The number of esters is 1. The minimum Gasteiger partial charge on any atom is -0.423 e. The van der Waals surface area contributed by atoms with Crippen molar-refractivity contribution in [3.63, 3.8) is 0 Å². The molecule has 0 bridgehead atoms. The fraction of sp³-hybridized carbons (Fsp3) is 0.259. The van der Waals surface area contributed by atoms with Crippen LogP contribution in [0.2, 0.25) is 0 Å². The van der Waals surface area contributed by atoms with Crippen molar-refractivity contribution in [3.05, 3.63) is 89.5 Å². The molecule has 1 aliphatic heterocycles. The zero-order valence-electron chi connectivity index (χ0n) is 19.7. The Bertz CT molecular complexity index is 1330. The maximum Gasteiger partial charge on any atom is 0.343 e. The van der Waals surface area contributed by atoms with Crippen LogP contribution in [0.3, 0.4) is 0 Å². The molecule has 1 aliphatic rings. The van der Waals surface area contributed by atoms with E-state index in [9.17, 15) is 18.0 Å². The summed E-state index contributed by atoms with van der Waals surface area (Å²) in [7, 11) is -3.69. The third-order valence-corrected chi connectivity index (χ3v) is 7.96. The maximum absolute atomic E-state index is 13.0. The van der Waals surface area contributed by atoms with Gasteiger partial charge in [0.2, 0.25) is 10.0 Å². The van der Waals surface area contributed by atoms with Crippen molar-refractivity contribution in [2.45, 2.75) is 31.6 Å². The van der Waals surface area contributed by atoms with Crippen molar-refractivity contribution >= 4 is 27.6 Å². The molecule has 0 saturated carbocycles. The molecular weight excluding hydrogens is 464 g/mol. The molecule has 0 radical (unpaired) electrons. The van der Waals surface area contributed by atoms with Crippen LogP contribution in [0.25, 0.3) is 0 Å². The number of hydrogen-bond acceptors (Lipinski definition) is 5. The Labute approximate surface area is 205 Å². The van der Waals surface area contributed by atoms with Gasteiger partial charge in [0.15, 0.2) is 0 Å². The first-order valence-electron chi connectivity index (χ1n) is 11.5. The van der Waals surface area contributed by atoms with Crippen molar-refractivity contribution in [2.24, 2.45) is 5.92 Å². The van der Waals surface area contributed by atoms with E-state index in [1.54, 1.807) is 36.4 Å². The van der Waals surface area contributed by atoms with Gasteiger partial charge in [-0.3, -0.25) is 4.79 Å². The summed E-state index contributed by atoms with van der Waals surface area (Å²) in [4.78, 5) is 25.3. The van der Waals surface area contributed by atoms with Crippen LogP contribution in [0.4, 0.5) is 5.69 Å². The lowest BCUT2D eigenvalue weighted by molar-refractivity contribution is 0.0734. The largest absolute Gasteiger partial charge is 0.423 e. The number of piperidine rings is 1. The van der Waals surface area contributed by atoms with Gasteiger partial charge < -0.3 is 10.1 Å². The quantitative estimate of drug-likeness (QED) is 0.391. The van der Waals surface area contributed by atoms with Crippen LogP contribution in [-0.4, -0.2) is 37.7 Å². The lowest BCUT2D eigenvalue weighted by Crippen LogP contribution is -2.37. The van der Waals surface area contributed by atoms with E-state index >= 15 is 0 Å². The number of nitrogens with one attached hydrogen (secondary N) is 1. The number of ether oxygens (including phenoxy) is 1. The molecule has 4 rings (SSSR count). The molecule has 3 aromatic rings. The molecular formula is C27H28N2O5S. The third-order valence-electron chi connectivity index (χ3n) is 6.07. The first-order valence-corrected chi connectivity index (χ1v) is 13.0. The van der Waals surface area contributed by atoms with E-state index in [1.165, 1.54) is 28.6 Å². The van der Waals surface area contributed by atoms with Gasteiger partial charge in [-0.15, -0.1) is 0 Å². The van der Waals surface area contributed by atoms with Gasteiger partial charge in [-0.2, -0.15) is 4.31 Å². The number of benzene rings is 3. The summed E-state index contributed by atoms with van der Waals surface area (Å²) in [5.41, 5.74) is 2.17. The average Bonchev–Trinajstić information content (AvgIpc) is 2.85. The molecule has 1 fully saturated rings. The highest BCUT2D eigenvalue weighted by Gasteiger charge is 2.28. The predicted molar refractivity (Wildman–Crippen MR) is 134 cm³/mol. The van der Waals surface area contributed by atoms with Crippen LogP contribution >= 0.6 is 0 Å². The smallest absolute Gasteiger partial charge is 0.343 e. The molecule has 0 aromatic heterocycles. The Hall–Kier alpha value is -3.49. The van der Waals surface area contributed by atoms with Crippen LogP contribution in [-0.2, 0) is 10.0 Å². The summed E-state index contributed by atoms with van der Waals surface area (Å²) < 4.78 is 33.0. The lowest BCUT2D eigenvalue weighted by atomic mass is 10.0. The van der Waals surface area contributed by atoms with Crippen LogP contribution in [0, 0.1) is 12.8 Å². The topological polar surface area (TPSA) is 92.8 Å². The molecule has 0 atom stereocenters. The van der Waals surface area contributed by atoms with E-state index in [2.05, 4.69) is 12.2 Å². The zero-order valence-corrected chi connectivity index (χ0v) is 20.5. The normalized spacial score (nSPS) is 14.9. The van der Waals surface area contributed by atoms with Crippen LogP contribution in [0.5, 0.6) is 5.75 Å². The van der Waals surface area contributed by atoms with E-state index in [4.69, 9.17) is 4.74 Å². The van der Waals surface area contributed by atoms with E-state index in [1.807, 2.05) is 19.1 Å². The monoisotopic (exact) mass is 492 g/mol. The average molecular weight is 493 g/mol. The van der Waals surface area contributed by atoms with E-state index in [0.29, 0.717) is 30.3 Å². The van der Waals surface area contributed by atoms with Gasteiger partial charge in [-0.1, -0.05) is 36.8 Å². The summed E-state index contributed by atoms with van der Waals surface area (Å²) in [5, 5.41) is 2.78. The van der Waals surface area contributed by atoms with E-state index in [-0.39, 0.29) is 22.1 Å². The molecule has 8 heteroatoms. The molecule has 1 amide bonds. The summed E-state index contributed by atoms with van der Waals surface area (Å²) in [6.45, 7) is 5.00. The fourth-order valence-corrected chi connectivity index (χ4v) is 5.39. The fourth-order valence-electron chi connectivity index (χ4n) is 3.87. The predicted octanol–water partition coefficient (Wildman–Crippen LogP) is 4.89. The summed E-state index contributed by atoms with van der Waals surface area (Å²) >= 11 is 0. The van der Waals surface area contributed by atoms with Crippen molar-refractivity contribution in [1.29, 1.82) is 0 Å². The number of rotatable bonds is 6. The molecule has 35 heavy (non-hydrogen) atoms. The minimum atomic E-state index is -3.69. The second-order valence-electron chi connectivity index (χ2n) is 8.85. The highest BCUT2D eigenvalue weighted by molar-refractivity contribution is 7.89. The Balaban J connectivity index is 1.45. The molecule has 0 unspecified atom stereocenters. The van der Waals surface area contributed by atoms with Gasteiger partial charge in [0, 0.05) is 30.4 Å². The highest BCUT2D eigenvalue weighted by atomic mass is 32.2. The van der Waals surface area contributed by atoms with Gasteiger partial charge in [-0.25, -0.2) is 13.2 Å². The van der Waals surface area contributed by atoms with Crippen molar-refractivity contribution in [3.8, 4) is 5.75 Å². The van der Waals surface area contributed by atoms with Crippen molar-refractivity contribution < 1.29 is 22.7 Å². The Morgan fingerprint density at radius 3 is 2.31 bits per heavy atom. The SMILES string of the molecule is Cc1ccc(C(=O)Nc2cccc(OC(=O)c3cccc(S(=O)(=O)N4CCC(C)CC4)c3)c2)cc1. The molecule has 1 saturated heterocycles. The highest BCUT2D eigenvalue weighted by Crippen LogP contribution is 2.25. The molecule has 182 valence electrons. The second-order valence-corrected chi connectivity index (χ2v) is 10.8. The van der Waals surface area contributed by atoms with Gasteiger partial charge in [0.1, 0.15) is 5.75 Å². The molecule has 7 nitrogen and oxygen atoms in total. The van der Waals surface area contributed by atoms with Gasteiger partial charge in [-0.05, 0) is 68.1 Å². The molecule has 1 heterocycles. The van der Waals surface area contributed by atoms with Crippen molar-refractivity contribution in [2.75, 3.05) is 18.4 Å². The number of aryl methyl sites for hydroxylation is 1. The maximum atomic E-state index is 13.0. The van der Waals surface area contributed by atoms with Gasteiger partial charge >= 0.3 is 5.97 Å². The molecule has 0 spiro atoms. The molecule has 3 aromatic carbocycles. The van der Waals surface area contributed by atoms with E-state index < -0.39 is 16.0 Å². The van der Waals surface area contributed by atoms with Crippen LogP contribution in [0.1, 0.15) is 46.0 Å². The third kappa shape index (κ3) is 5.96. The number of hydrogen-bond donors (Lipinski definition) is 1. The van der Waals surface area contributed by atoms with Gasteiger partial charge in [0.25, 0.3) is 5.91 Å². The van der Waals surface area contributed by atoms with E-state index in [0.717, 1.165) is 18.4 Å². The van der Waals surface area contributed by atoms with Crippen LogP contribution < -0.4 is 10.1 Å². The first-order chi connectivity index (χ1) is 16.7. The molecule has 1 N–H and O–H groups in total. The van der Waals surface area contributed by atoms with Gasteiger partial charge in [0.05, 0.1) is 10.5 Å². The Morgan fingerprint density at radius 2 is 1.60 bits per heavy atom. The number of carbonyl (C=O) groups excluding carboxylic acids is 2. The Kier molecular flexibility index (Phi) is 7.33. The lowest BCUT2D eigenvalue weighted by Gasteiger charge is -2.29. The number of nitrogens with zero attached hydrogens (tertiary/aromatic N) is 1. The first kappa shape index (κ1) is 24.6. The Morgan fingerprint density at radius 1 is 0.914 bits per heavy atom. The van der Waals surface area contributed by atoms with Crippen molar-refractivity contribution in [1.82, 2.24) is 4.31 Å². The standard InChI is InChI=1S/C27H28N2O5S/c1-19-9-11-21(12-10-19)26(30)28-23-6-4-7-24(18-23)34-27(31)22-5-3-8-25(17-22)35(32,33)29-15-13-20(2)14-16-29/h3-12,17-18,20H,13-16H2,1-2H3,(H,28,30). The summed E-state index contributed by atoms with van der Waals surface area (Å²) in [6.07, 6.45) is 1.63. The zero-order chi connectivity index (χ0) is 25.0.